The number of hydrogen-bond donors (Lipinski definition) is 0. The number of epoxide rings is 1. The van der Waals surface area contributed by atoms with Gasteiger partial charge < -0.3 is 4.74 Å². The van der Waals surface area contributed by atoms with Gasteiger partial charge in [0.25, 0.3) is 5.60 Å². The van der Waals surface area contributed by atoms with Gasteiger partial charge in [0, 0.05) is 0 Å². The van der Waals surface area contributed by atoms with Gasteiger partial charge in [0.15, 0.2) is 0 Å². The Labute approximate surface area is 89.5 Å². The highest BCUT2D eigenvalue weighted by Gasteiger charge is 2.86. The van der Waals surface area contributed by atoms with Crippen LogP contribution < -0.4 is 0 Å². The van der Waals surface area contributed by atoms with Crippen LogP contribution in [0.25, 0.3) is 0 Å². The summed E-state index contributed by atoms with van der Waals surface area (Å²) in [5, 5.41) is 0. The standard InChI is InChI=1S/C8H9BF6O/c1-4(9)2-3-5-6(16-5,7(10,11)12)8(13,14)15/h4-5H,2-3H2,1H3. The first-order chi connectivity index (χ1) is 7.02. The predicted molar refractivity (Wildman–Crippen MR) is 44.1 cm³/mol. The molecule has 0 N–H and O–H groups in total. The maximum atomic E-state index is 12.3. The molecule has 0 amide bonds. The summed E-state index contributed by atoms with van der Waals surface area (Å²) in [7, 11) is 5.26. The molecule has 2 unspecified atom stereocenters. The molecule has 0 aromatic rings. The van der Waals surface area contributed by atoms with Crippen LogP contribution in [0.2, 0.25) is 5.82 Å². The van der Waals surface area contributed by atoms with E-state index < -0.39 is 29.9 Å². The van der Waals surface area contributed by atoms with Crippen molar-refractivity contribution >= 4 is 7.85 Å². The Hall–Kier alpha value is -0.395. The molecule has 1 aliphatic heterocycles. The Kier molecular flexibility index (Phi) is 3.26. The van der Waals surface area contributed by atoms with Gasteiger partial charge >= 0.3 is 12.4 Å². The van der Waals surface area contributed by atoms with Gasteiger partial charge in [0.2, 0.25) is 0 Å². The molecule has 0 aromatic carbocycles. The van der Waals surface area contributed by atoms with Crippen molar-refractivity contribution in [2.45, 2.75) is 49.6 Å². The molecule has 1 rings (SSSR count). The van der Waals surface area contributed by atoms with E-state index in [1.807, 2.05) is 0 Å². The minimum atomic E-state index is -5.44. The summed E-state index contributed by atoms with van der Waals surface area (Å²) in [5.74, 6) is -0.455. The lowest BCUT2D eigenvalue weighted by molar-refractivity contribution is -0.292. The number of rotatable bonds is 3. The Morgan fingerprint density at radius 2 is 1.62 bits per heavy atom. The van der Waals surface area contributed by atoms with Crippen LogP contribution in [0.4, 0.5) is 26.3 Å². The SMILES string of the molecule is [B]C(C)CCC1OC1(C(F)(F)F)C(F)(F)F. The third kappa shape index (κ3) is 2.16. The minimum Gasteiger partial charge on any atom is -0.349 e. The van der Waals surface area contributed by atoms with E-state index in [0.29, 0.717) is 0 Å². The average molecular weight is 246 g/mol. The van der Waals surface area contributed by atoms with Gasteiger partial charge in [-0.05, 0) is 6.42 Å². The zero-order valence-corrected chi connectivity index (χ0v) is 8.32. The zero-order chi connectivity index (χ0) is 12.8. The van der Waals surface area contributed by atoms with Crippen LogP contribution in [-0.2, 0) is 4.74 Å². The second kappa shape index (κ2) is 3.82. The Morgan fingerprint density at radius 3 is 1.88 bits per heavy atom. The molecule has 0 aromatic heterocycles. The molecular weight excluding hydrogens is 237 g/mol. The number of alkyl halides is 6. The van der Waals surface area contributed by atoms with Crippen LogP contribution in [0.3, 0.4) is 0 Å². The van der Waals surface area contributed by atoms with Crippen molar-refractivity contribution < 1.29 is 31.1 Å². The average Bonchev–Trinajstić information content (AvgIpc) is 2.72. The van der Waals surface area contributed by atoms with E-state index in [0.717, 1.165) is 0 Å². The lowest BCUT2D eigenvalue weighted by Crippen LogP contribution is -2.48. The van der Waals surface area contributed by atoms with Crippen molar-refractivity contribution in [2.24, 2.45) is 0 Å². The van der Waals surface area contributed by atoms with Crippen molar-refractivity contribution in [3.05, 3.63) is 0 Å². The molecule has 1 saturated heterocycles. The molecule has 2 radical (unpaired) electrons. The fourth-order valence-electron chi connectivity index (χ4n) is 1.53. The van der Waals surface area contributed by atoms with Crippen molar-refractivity contribution in [1.29, 1.82) is 0 Å². The maximum absolute atomic E-state index is 12.3. The molecule has 0 spiro atoms. The molecule has 0 saturated carbocycles. The van der Waals surface area contributed by atoms with Gasteiger partial charge in [-0.15, -0.1) is 0 Å². The fourth-order valence-corrected chi connectivity index (χ4v) is 1.53. The van der Waals surface area contributed by atoms with Crippen LogP contribution >= 0.6 is 0 Å². The van der Waals surface area contributed by atoms with Crippen LogP contribution in [0.1, 0.15) is 19.8 Å². The largest absolute Gasteiger partial charge is 0.429 e. The molecule has 1 nitrogen and oxygen atoms in total. The molecule has 1 heterocycles. The summed E-state index contributed by atoms with van der Waals surface area (Å²) in [6.07, 6.45) is -13.0. The van der Waals surface area contributed by atoms with Crippen LogP contribution in [0.15, 0.2) is 0 Å². The van der Waals surface area contributed by atoms with E-state index >= 15 is 0 Å². The molecular formula is C8H9BF6O. The number of hydrogen-bond acceptors (Lipinski definition) is 1. The molecule has 8 heteroatoms. The Balaban J connectivity index is 2.74. The molecule has 1 fully saturated rings. The Morgan fingerprint density at radius 1 is 1.19 bits per heavy atom. The summed E-state index contributed by atoms with van der Waals surface area (Å²) in [6, 6.07) is 0. The predicted octanol–water partition coefficient (Wildman–Crippen LogP) is 3.01. The zero-order valence-electron chi connectivity index (χ0n) is 8.32. The van der Waals surface area contributed by atoms with E-state index in [2.05, 4.69) is 4.74 Å². The molecule has 1 aliphatic rings. The van der Waals surface area contributed by atoms with Crippen molar-refractivity contribution in [1.82, 2.24) is 0 Å². The molecule has 0 aliphatic carbocycles. The van der Waals surface area contributed by atoms with E-state index in [1.54, 1.807) is 0 Å². The van der Waals surface area contributed by atoms with E-state index in [1.165, 1.54) is 6.92 Å². The summed E-state index contributed by atoms with van der Waals surface area (Å²) >= 11 is 0. The topological polar surface area (TPSA) is 12.5 Å². The fraction of sp³-hybridized carbons (Fsp3) is 1.00. The lowest BCUT2D eigenvalue weighted by Gasteiger charge is -2.20. The van der Waals surface area contributed by atoms with Crippen LogP contribution in [-0.4, -0.2) is 31.9 Å². The van der Waals surface area contributed by atoms with Gasteiger partial charge in [0.1, 0.15) is 6.10 Å². The highest BCUT2D eigenvalue weighted by atomic mass is 19.4. The second-order valence-electron chi connectivity index (χ2n) is 3.89. The summed E-state index contributed by atoms with van der Waals surface area (Å²) in [6.45, 7) is 1.51. The second-order valence-corrected chi connectivity index (χ2v) is 3.89. The highest BCUT2D eigenvalue weighted by Crippen LogP contribution is 2.60. The van der Waals surface area contributed by atoms with Crippen molar-refractivity contribution in [2.75, 3.05) is 0 Å². The number of halogens is 6. The third-order valence-electron chi connectivity index (χ3n) is 2.45. The Bertz CT molecular complexity index is 244. The first-order valence-corrected chi connectivity index (χ1v) is 4.59. The van der Waals surface area contributed by atoms with Gasteiger partial charge in [0.05, 0.1) is 7.85 Å². The normalized spacial score (nSPS) is 26.6. The maximum Gasteiger partial charge on any atom is 0.429 e. The lowest BCUT2D eigenvalue weighted by atomic mass is 9.84. The van der Waals surface area contributed by atoms with Crippen LogP contribution in [0, 0.1) is 0 Å². The number of ether oxygens (including phenoxy) is 1. The van der Waals surface area contributed by atoms with E-state index in [4.69, 9.17) is 7.85 Å². The monoisotopic (exact) mass is 246 g/mol. The molecule has 2 atom stereocenters. The minimum absolute atomic E-state index is 0.0541. The third-order valence-corrected chi connectivity index (χ3v) is 2.45. The van der Waals surface area contributed by atoms with E-state index in [-0.39, 0.29) is 12.8 Å². The first kappa shape index (κ1) is 13.7. The molecule has 92 valence electrons. The molecule has 16 heavy (non-hydrogen) atoms. The molecule has 0 bridgehead atoms. The quantitative estimate of drug-likeness (QED) is 0.423. The van der Waals surface area contributed by atoms with Gasteiger partial charge in [-0.1, -0.05) is 19.2 Å². The summed E-state index contributed by atoms with van der Waals surface area (Å²) in [4.78, 5) is 0. The van der Waals surface area contributed by atoms with Crippen molar-refractivity contribution in [3.63, 3.8) is 0 Å². The van der Waals surface area contributed by atoms with Gasteiger partial charge in [-0.3, -0.25) is 0 Å². The highest BCUT2D eigenvalue weighted by molar-refractivity contribution is 6.11. The van der Waals surface area contributed by atoms with Gasteiger partial charge in [-0.25, -0.2) is 0 Å². The van der Waals surface area contributed by atoms with Crippen LogP contribution in [0.5, 0.6) is 0 Å². The smallest absolute Gasteiger partial charge is 0.349 e. The van der Waals surface area contributed by atoms with Crippen molar-refractivity contribution in [3.8, 4) is 0 Å². The first-order valence-electron chi connectivity index (χ1n) is 4.59. The van der Waals surface area contributed by atoms with Gasteiger partial charge in [-0.2, -0.15) is 26.3 Å². The summed E-state index contributed by atoms with van der Waals surface area (Å²) in [5.41, 5.74) is -3.98. The van der Waals surface area contributed by atoms with E-state index in [9.17, 15) is 26.3 Å². The summed E-state index contributed by atoms with van der Waals surface area (Å²) < 4.78 is 77.6.